The molecule has 2 heterocycles. The van der Waals surface area contributed by atoms with E-state index in [4.69, 9.17) is 32.9 Å². The lowest BCUT2D eigenvalue weighted by molar-refractivity contribution is -0.150. The Bertz CT molecular complexity index is 1230. The molecule has 37 heavy (non-hydrogen) atoms. The number of Topliss-reactive ketones (excluding diaryl/α,β-unsaturated/α-hetero) is 1. The lowest BCUT2D eigenvalue weighted by Crippen LogP contribution is -2.57. The average Bonchev–Trinajstić information content (AvgIpc) is 3.26. The number of carbonyl (C=O) groups excluding carboxylic acids is 3. The Morgan fingerprint density at radius 3 is 2.46 bits per heavy atom. The molecule has 11 heteroatoms. The number of ether oxygens (including phenoxy) is 1. The first kappa shape index (κ1) is 27.7. The fourth-order valence-corrected chi connectivity index (χ4v) is 6.18. The molecule has 1 aromatic heterocycles. The molecule has 1 amide bonds. The van der Waals surface area contributed by atoms with Crippen LogP contribution in [-0.4, -0.2) is 70.4 Å². The van der Waals surface area contributed by atoms with Crippen LogP contribution in [0.1, 0.15) is 36.2 Å². The first-order valence-electron chi connectivity index (χ1n) is 11.8. The second kappa shape index (κ2) is 11.2. The number of nitrogens with zero attached hydrogens (tertiary/aromatic N) is 3. The highest BCUT2D eigenvalue weighted by Gasteiger charge is 2.52. The highest BCUT2D eigenvalue weighted by atomic mass is 79.9. The molecule has 0 bridgehead atoms. The average molecular weight is 610 g/mol. The van der Waals surface area contributed by atoms with Gasteiger partial charge in [-0.1, -0.05) is 51.3 Å². The minimum absolute atomic E-state index is 0.0327. The topological polar surface area (TPSA) is 101 Å². The summed E-state index contributed by atoms with van der Waals surface area (Å²) in [7, 11) is 1.99. The van der Waals surface area contributed by atoms with Gasteiger partial charge in [0.05, 0.1) is 21.0 Å². The number of amides is 1. The van der Waals surface area contributed by atoms with E-state index in [1.54, 1.807) is 38.1 Å². The number of pyridine rings is 1. The molecule has 0 radical (unpaired) electrons. The molecule has 2 unspecified atom stereocenters. The normalized spacial score (nSPS) is 23.0. The van der Waals surface area contributed by atoms with Crippen LogP contribution in [-0.2, 0) is 20.7 Å². The molecule has 3 atom stereocenters. The number of benzene rings is 1. The van der Waals surface area contributed by atoms with Gasteiger partial charge in [-0.3, -0.25) is 19.6 Å². The Hall–Kier alpha value is -2.33. The number of anilines is 1. The van der Waals surface area contributed by atoms with Gasteiger partial charge in [-0.15, -0.1) is 0 Å². The number of hydrogen-bond acceptors (Lipinski definition) is 7. The van der Waals surface area contributed by atoms with Crippen molar-refractivity contribution in [2.24, 2.45) is 10.4 Å². The summed E-state index contributed by atoms with van der Waals surface area (Å²) in [6, 6.07) is 6.25. The molecule has 1 aliphatic heterocycles. The number of carbonyl (C=O) groups is 3. The van der Waals surface area contributed by atoms with E-state index in [2.05, 4.69) is 31.1 Å². The Labute approximate surface area is 233 Å². The lowest BCUT2D eigenvalue weighted by atomic mass is 9.68. The van der Waals surface area contributed by atoms with Gasteiger partial charge in [0, 0.05) is 43.3 Å². The van der Waals surface area contributed by atoms with Crippen LogP contribution in [0.3, 0.4) is 0 Å². The fourth-order valence-electron chi connectivity index (χ4n) is 4.39. The predicted octanol–water partition coefficient (Wildman–Crippen LogP) is 4.61. The Morgan fingerprint density at radius 1 is 1.24 bits per heavy atom. The predicted molar refractivity (Wildman–Crippen MR) is 147 cm³/mol. The van der Waals surface area contributed by atoms with E-state index in [1.165, 1.54) is 12.4 Å². The van der Waals surface area contributed by atoms with Crippen LogP contribution in [0.4, 0.5) is 5.69 Å². The maximum atomic E-state index is 13.2. The van der Waals surface area contributed by atoms with Crippen LogP contribution in [0, 0.1) is 5.41 Å². The quantitative estimate of drug-likeness (QED) is 0.363. The molecular weight excluding hydrogens is 583 g/mol. The number of ketones is 1. The molecule has 4 rings (SSSR count). The van der Waals surface area contributed by atoms with E-state index in [1.807, 2.05) is 7.05 Å². The maximum Gasteiger partial charge on any atom is 0.331 e. The highest BCUT2D eigenvalue weighted by molar-refractivity contribution is 9.10. The minimum Gasteiger partial charge on any atom is -0.459 e. The molecule has 1 N–H and O–H groups in total. The van der Waals surface area contributed by atoms with Crippen LogP contribution >= 0.6 is 39.1 Å². The van der Waals surface area contributed by atoms with E-state index in [0.717, 1.165) is 18.5 Å². The third-order valence-electron chi connectivity index (χ3n) is 6.65. The van der Waals surface area contributed by atoms with Gasteiger partial charge in [0.2, 0.25) is 0 Å². The number of aromatic nitrogens is 1. The van der Waals surface area contributed by atoms with Gasteiger partial charge in [-0.2, -0.15) is 0 Å². The van der Waals surface area contributed by atoms with Crippen molar-refractivity contribution in [3.8, 4) is 0 Å². The summed E-state index contributed by atoms with van der Waals surface area (Å²) >= 11 is 15.5. The number of likely N-dealkylation sites (N-methyl/N-ethyl adjacent to an activating group) is 1. The standard InChI is InChI=1S/C26H27BrCl2N4O4/c1-26(2)22(21(27)23(26)34)32-19(25(36)37-16-8-9-33(3)13-16)10-14-4-6-15(7-5-14)31-24(35)20-17(28)11-30-12-18(20)29/h4-7,11-12,16,19,21H,8-10,13H2,1-3H3,(H,31,35)/t16?,19-,21?/m0/s1. The SMILES string of the molecule is CN1CCC(OC(=O)[C@H](Cc2ccc(NC(=O)c3c(Cl)cncc3Cl)cc2)N=C2C(Br)C(=O)C2(C)C)C1. The lowest BCUT2D eigenvalue weighted by Gasteiger charge is -2.40. The number of nitrogens with one attached hydrogen (secondary N) is 1. The van der Waals surface area contributed by atoms with E-state index in [9.17, 15) is 14.4 Å². The van der Waals surface area contributed by atoms with Crippen molar-refractivity contribution >= 4 is 68.2 Å². The first-order valence-corrected chi connectivity index (χ1v) is 13.5. The second-order valence-corrected chi connectivity index (χ2v) is 11.6. The minimum atomic E-state index is -0.803. The van der Waals surface area contributed by atoms with E-state index < -0.39 is 28.2 Å². The number of aliphatic imine (C=N–C) groups is 1. The summed E-state index contributed by atoms with van der Waals surface area (Å²) in [5.74, 6) is -0.841. The van der Waals surface area contributed by atoms with Crippen molar-refractivity contribution in [2.45, 2.75) is 43.7 Å². The van der Waals surface area contributed by atoms with Gasteiger partial charge in [-0.25, -0.2) is 4.79 Å². The van der Waals surface area contributed by atoms with Crippen molar-refractivity contribution in [3.63, 3.8) is 0 Å². The largest absolute Gasteiger partial charge is 0.459 e. The fraction of sp³-hybridized carbons (Fsp3) is 0.423. The number of alkyl halides is 1. The van der Waals surface area contributed by atoms with Gasteiger partial charge in [0.15, 0.2) is 11.8 Å². The molecule has 1 aliphatic carbocycles. The van der Waals surface area contributed by atoms with Gasteiger partial charge in [0.1, 0.15) is 10.9 Å². The summed E-state index contributed by atoms with van der Waals surface area (Å²) in [6.45, 7) is 5.16. The van der Waals surface area contributed by atoms with E-state index in [0.29, 0.717) is 17.9 Å². The zero-order chi connectivity index (χ0) is 26.9. The summed E-state index contributed by atoms with van der Waals surface area (Å²) < 4.78 is 5.79. The molecule has 8 nitrogen and oxygen atoms in total. The molecule has 2 aromatic rings. The number of esters is 1. The smallest absolute Gasteiger partial charge is 0.331 e. The third kappa shape index (κ3) is 6.06. The molecule has 1 saturated carbocycles. The van der Waals surface area contributed by atoms with Crippen molar-refractivity contribution in [1.29, 1.82) is 0 Å². The second-order valence-electron chi connectivity index (χ2n) is 9.83. The molecule has 0 spiro atoms. The van der Waals surface area contributed by atoms with Crippen molar-refractivity contribution < 1.29 is 19.1 Å². The molecule has 1 aromatic carbocycles. The van der Waals surface area contributed by atoms with Crippen molar-refractivity contribution in [2.75, 3.05) is 25.5 Å². The first-order chi connectivity index (χ1) is 17.5. The summed E-state index contributed by atoms with van der Waals surface area (Å²) in [5, 5.41) is 3.07. The van der Waals surface area contributed by atoms with Gasteiger partial charge in [-0.05, 0) is 45.0 Å². The Balaban J connectivity index is 1.50. The number of likely N-dealkylation sites (tertiary alicyclic amines) is 1. The number of hydrogen-bond donors (Lipinski definition) is 1. The molecule has 2 fully saturated rings. The van der Waals surface area contributed by atoms with Gasteiger partial charge >= 0.3 is 5.97 Å². The summed E-state index contributed by atoms with van der Waals surface area (Å²) in [4.78, 5) is 48.3. The monoisotopic (exact) mass is 608 g/mol. The van der Waals surface area contributed by atoms with Crippen LogP contribution < -0.4 is 5.32 Å². The third-order valence-corrected chi connectivity index (χ3v) is 8.07. The van der Waals surface area contributed by atoms with Crippen LogP contribution in [0.15, 0.2) is 41.7 Å². The van der Waals surface area contributed by atoms with Crippen LogP contribution in [0.5, 0.6) is 0 Å². The van der Waals surface area contributed by atoms with E-state index >= 15 is 0 Å². The molecule has 2 aliphatic rings. The van der Waals surface area contributed by atoms with E-state index in [-0.39, 0.29) is 33.9 Å². The van der Waals surface area contributed by atoms with Gasteiger partial charge < -0.3 is 15.0 Å². The Kier molecular flexibility index (Phi) is 8.38. The molecule has 196 valence electrons. The number of rotatable bonds is 7. The van der Waals surface area contributed by atoms with Crippen molar-refractivity contribution in [3.05, 3.63) is 57.8 Å². The maximum absolute atomic E-state index is 13.2. The van der Waals surface area contributed by atoms with Crippen LogP contribution in [0.25, 0.3) is 0 Å². The summed E-state index contributed by atoms with van der Waals surface area (Å²) in [5.41, 5.74) is 1.40. The Morgan fingerprint density at radius 2 is 1.89 bits per heavy atom. The van der Waals surface area contributed by atoms with Crippen molar-refractivity contribution in [1.82, 2.24) is 9.88 Å². The highest BCUT2D eigenvalue weighted by Crippen LogP contribution is 2.39. The zero-order valence-corrected chi connectivity index (χ0v) is 23.7. The number of halogens is 3. The van der Waals surface area contributed by atoms with Gasteiger partial charge in [0.25, 0.3) is 5.91 Å². The molecular formula is C26H27BrCl2N4O4. The summed E-state index contributed by atoms with van der Waals surface area (Å²) in [6.07, 6.45) is 3.58. The molecule has 1 saturated heterocycles. The zero-order valence-electron chi connectivity index (χ0n) is 20.6. The van der Waals surface area contributed by atoms with Crippen LogP contribution in [0.2, 0.25) is 10.0 Å².